The van der Waals surface area contributed by atoms with Crippen LogP contribution in [0.25, 0.3) is 6.08 Å². The summed E-state index contributed by atoms with van der Waals surface area (Å²) < 4.78 is 43.7. The third-order valence-electron chi connectivity index (χ3n) is 4.77. The van der Waals surface area contributed by atoms with E-state index in [1.165, 1.54) is 23.1 Å². The van der Waals surface area contributed by atoms with Gasteiger partial charge in [0.05, 0.1) is 5.56 Å². The number of rotatable bonds is 5. The standard InChI is InChI=1S/C22H20ClF3N2O3/c23-18-5-1-3-16(13-18)7-8-21(30)31-15-20(29)28-11-9-27(10-12-28)19-6-2-4-17(14-19)22(24,25)26/h1-8,13-14H,9-12,15H2/b8-7+. The topological polar surface area (TPSA) is 49.9 Å². The summed E-state index contributed by atoms with van der Waals surface area (Å²) in [6, 6.07) is 12.0. The maximum absolute atomic E-state index is 12.9. The van der Waals surface area contributed by atoms with Gasteiger partial charge in [-0.1, -0.05) is 29.8 Å². The number of halogens is 4. The highest BCUT2D eigenvalue weighted by molar-refractivity contribution is 6.30. The van der Waals surface area contributed by atoms with Crippen molar-refractivity contribution in [2.45, 2.75) is 6.18 Å². The number of hydrogen-bond acceptors (Lipinski definition) is 4. The van der Waals surface area contributed by atoms with Gasteiger partial charge in [-0.15, -0.1) is 0 Å². The third kappa shape index (κ3) is 6.49. The van der Waals surface area contributed by atoms with E-state index in [2.05, 4.69) is 0 Å². The molecule has 0 radical (unpaired) electrons. The molecule has 0 saturated carbocycles. The molecule has 1 fully saturated rings. The maximum Gasteiger partial charge on any atom is 0.416 e. The van der Waals surface area contributed by atoms with Crippen LogP contribution >= 0.6 is 11.6 Å². The van der Waals surface area contributed by atoms with Gasteiger partial charge in [-0.25, -0.2) is 4.79 Å². The molecule has 2 aromatic carbocycles. The first-order chi connectivity index (χ1) is 14.7. The fraction of sp³-hybridized carbons (Fsp3) is 0.273. The van der Waals surface area contributed by atoms with Gasteiger partial charge in [-0.2, -0.15) is 13.2 Å². The highest BCUT2D eigenvalue weighted by Gasteiger charge is 2.31. The molecule has 1 saturated heterocycles. The maximum atomic E-state index is 12.9. The lowest BCUT2D eigenvalue weighted by molar-refractivity contribution is -0.148. The normalized spacial score (nSPS) is 14.7. The van der Waals surface area contributed by atoms with Gasteiger partial charge in [-0.05, 0) is 42.0 Å². The number of carbonyl (C=O) groups excluding carboxylic acids is 2. The molecule has 2 aromatic rings. The van der Waals surface area contributed by atoms with Crippen LogP contribution in [0.1, 0.15) is 11.1 Å². The molecule has 1 aliphatic heterocycles. The summed E-state index contributed by atoms with van der Waals surface area (Å²) in [5.41, 5.74) is 0.474. The number of anilines is 1. The van der Waals surface area contributed by atoms with Crippen molar-refractivity contribution in [1.29, 1.82) is 0 Å². The Morgan fingerprint density at radius 1 is 1.03 bits per heavy atom. The monoisotopic (exact) mass is 452 g/mol. The minimum Gasteiger partial charge on any atom is -0.452 e. The molecule has 31 heavy (non-hydrogen) atoms. The summed E-state index contributed by atoms with van der Waals surface area (Å²) in [6.07, 6.45) is -1.66. The molecular weight excluding hydrogens is 433 g/mol. The van der Waals surface area contributed by atoms with Gasteiger partial charge in [0, 0.05) is 43.0 Å². The quantitative estimate of drug-likeness (QED) is 0.502. The van der Waals surface area contributed by atoms with Crippen molar-refractivity contribution in [2.75, 3.05) is 37.7 Å². The minimum absolute atomic E-state index is 0.324. The Balaban J connectivity index is 1.46. The van der Waals surface area contributed by atoms with Crippen LogP contribution in [0.2, 0.25) is 5.02 Å². The Hall–Kier alpha value is -3.00. The zero-order valence-corrected chi connectivity index (χ0v) is 17.2. The largest absolute Gasteiger partial charge is 0.452 e. The van der Waals surface area contributed by atoms with Crippen molar-refractivity contribution in [2.24, 2.45) is 0 Å². The van der Waals surface area contributed by atoms with Gasteiger partial charge in [0.2, 0.25) is 0 Å². The molecule has 0 atom stereocenters. The van der Waals surface area contributed by atoms with E-state index in [0.717, 1.165) is 17.7 Å². The molecule has 9 heteroatoms. The molecule has 3 rings (SSSR count). The van der Waals surface area contributed by atoms with Crippen LogP contribution in [0, 0.1) is 0 Å². The highest BCUT2D eigenvalue weighted by atomic mass is 35.5. The van der Waals surface area contributed by atoms with E-state index < -0.39 is 24.3 Å². The molecular formula is C22H20ClF3N2O3. The summed E-state index contributed by atoms with van der Waals surface area (Å²) in [7, 11) is 0. The third-order valence-corrected chi connectivity index (χ3v) is 5.00. The second-order valence-electron chi connectivity index (χ2n) is 6.91. The van der Waals surface area contributed by atoms with Crippen LogP contribution in [0.4, 0.5) is 18.9 Å². The van der Waals surface area contributed by atoms with Crippen LogP contribution in [0.3, 0.4) is 0 Å². The molecule has 0 aromatic heterocycles. The lowest BCUT2D eigenvalue weighted by Crippen LogP contribution is -2.49. The predicted molar refractivity (Wildman–Crippen MR) is 112 cm³/mol. The van der Waals surface area contributed by atoms with Gasteiger partial charge in [0.25, 0.3) is 5.91 Å². The Kier molecular flexibility index (Phi) is 7.22. The number of amides is 1. The average Bonchev–Trinajstić information content (AvgIpc) is 2.76. The first-order valence-electron chi connectivity index (χ1n) is 9.53. The van der Waals surface area contributed by atoms with Gasteiger partial charge in [0.15, 0.2) is 6.61 Å². The van der Waals surface area contributed by atoms with Crippen LogP contribution in [0.15, 0.2) is 54.6 Å². The number of nitrogens with zero attached hydrogens (tertiary/aromatic N) is 2. The number of hydrogen-bond donors (Lipinski definition) is 0. The Morgan fingerprint density at radius 3 is 2.42 bits per heavy atom. The van der Waals surface area contributed by atoms with Crippen LogP contribution < -0.4 is 4.90 Å². The predicted octanol–water partition coefficient (Wildman–Crippen LogP) is 4.26. The Bertz CT molecular complexity index is 970. The van der Waals surface area contributed by atoms with Gasteiger partial charge in [-0.3, -0.25) is 4.79 Å². The van der Waals surface area contributed by atoms with Crippen molar-refractivity contribution >= 4 is 35.2 Å². The zero-order valence-electron chi connectivity index (χ0n) is 16.4. The number of ether oxygens (including phenoxy) is 1. The fourth-order valence-electron chi connectivity index (χ4n) is 3.14. The van der Waals surface area contributed by atoms with E-state index in [4.69, 9.17) is 16.3 Å². The van der Waals surface area contributed by atoms with Crippen molar-refractivity contribution in [3.63, 3.8) is 0 Å². The summed E-state index contributed by atoms with van der Waals surface area (Å²) >= 11 is 5.87. The number of piperazine rings is 1. The van der Waals surface area contributed by atoms with Crippen LogP contribution in [-0.4, -0.2) is 49.6 Å². The minimum atomic E-state index is -4.40. The first kappa shape index (κ1) is 22.7. The molecule has 0 spiro atoms. The van der Waals surface area contributed by atoms with Crippen molar-refractivity contribution in [3.05, 3.63) is 70.8 Å². The molecule has 0 N–H and O–H groups in total. The molecule has 0 aliphatic carbocycles. The molecule has 1 amide bonds. The van der Waals surface area contributed by atoms with Gasteiger partial charge < -0.3 is 14.5 Å². The second-order valence-corrected chi connectivity index (χ2v) is 7.35. The molecule has 1 aliphatic rings. The lowest BCUT2D eigenvalue weighted by atomic mass is 10.1. The van der Waals surface area contributed by atoms with Crippen molar-refractivity contribution in [3.8, 4) is 0 Å². The number of carbonyl (C=O) groups is 2. The molecule has 164 valence electrons. The number of alkyl halides is 3. The molecule has 0 unspecified atom stereocenters. The molecule has 1 heterocycles. The average molecular weight is 453 g/mol. The summed E-state index contributed by atoms with van der Waals surface area (Å²) in [4.78, 5) is 27.4. The van der Waals surface area contributed by atoms with E-state index in [9.17, 15) is 22.8 Å². The number of benzene rings is 2. The van der Waals surface area contributed by atoms with E-state index in [1.807, 2.05) is 0 Å². The molecule has 0 bridgehead atoms. The zero-order chi connectivity index (χ0) is 22.4. The summed E-state index contributed by atoms with van der Waals surface area (Å²) in [5, 5.41) is 0.537. The van der Waals surface area contributed by atoms with E-state index in [-0.39, 0.29) is 5.91 Å². The van der Waals surface area contributed by atoms with E-state index in [0.29, 0.717) is 36.9 Å². The SMILES string of the molecule is O=C(/C=C/c1cccc(Cl)c1)OCC(=O)N1CCN(c2cccc(C(F)(F)F)c2)CC1. The van der Waals surface area contributed by atoms with Crippen LogP contribution in [0.5, 0.6) is 0 Å². The fourth-order valence-corrected chi connectivity index (χ4v) is 3.34. The summed E-state index contributed by atoms with van der Waals surface area (Å²) in [5.74, 6) is -1.01. The Morgan fingerprint density at radius 2 is 1.74 bits per heavy atom. The Labute approximate surface area is 182 Å². The summed E-state index contributed by atoms with van der Waals surface area (Å²) in [6.45, 7) is 1.02. The first-order valence-corrected chi connectivity index (χ1v) is 9.90. The van der Waals surface area contributed by atoms with Gasteiger partial charge in [0.1, 0.15) is 0 Å². The highest BCUT2D eigenvalue weighted by Crippen LogP contribution is 2.31. The van der Waals surface area contributed by atoms with Crippen molar-refractivity contribution in [1.82, 2.24) is 4.90 Å². The lowest BCUT2D eigenvalue weighted by Gasteiger charge is -2.36. The number of esters is 1. The van der Waals surface area contributed by atoms with E-state index in [1.54, 1.807) is 35.2 Å². The van der Waals surface area contributed by atoms with E-state index >= 15 is 0 Å². The van der Waals surface area contributed by atoms with Crippen LogP contribution in [-0.2, 0) is 20.5 Å². The van der Waals surface area contributed by atoms with Crippen molar-refractivity contribution < 1.29 is 27.5 Å². The molecule has 5 nitrogen and oxygen atoms in total. The van der Waals surface area contributed by atoms with Gasteiger partial charge >= 0.3 is 12.1 Å². The smallest absolute Gasteiger partial charge is 0.416 e. The second kappa shape index (κ2) is 9.87.